The van der Waals surface area contributed by atoms with Crippen molar-refractivity contribution in [2.24, 2.45) is 10.7 Å². The van der Waals surface area contributed by atoms with E-state index in [1.165, 1.54) is 6.07 Å². The van der Waals surface area contributed by atoms with Crippen LogP contribution in [0.2, 0.25) is 0 Å². The molecule has 1 aromatic carbocycles. The number of carbonyl (C=O) groups is 1. The molecule has 34 heavy (non-hydrogen) atoms. The van der Waals surface area contributed by atoms with E-state index >= 15 is 0 Å². The Morgan fingerprint density at radius 3 is 2.74 bits per heavy atom. The Kier molecular flexibility index (Phi) is 12.0. The van der Waals surface area contributed by atoms with Crippen molar-refractivity contribution < 1.29 is 9.18 Å². The van der Waals surface area contributed by atoms with E-state index in [-0.39, 0.29) is 30.2 Å². The van der Waals surface area contributed by atoms with Gasteiger partial charge in [-0.3, -0.25) is 4.79 Å². The first-order valence-electron chi connectivity index (χ1n) is 12.3. The number of nitrogens with two attached hydrogens (primary N) is 1. The van der Waals surface area contributed by atoms with Crippen LogP contribution in [-0.4, -0.2) is 53.3 Å². The number of aliphatic imine (C=N–C) groups is 1. The predicted octanol–water partition coefficient (Wildman–Crippen LogP) is 5.02. The van der Waals surface area contributed by atoms with Gasteiger partial charge in [-0.25, -0.2) is 9.38 Å². The van der Waals surface area contributed by atoms with E-state index in [1.807, 2.05) is 62.2 Å². The Balaban J connectivity index is 0.00000199. The number of allylic oxidation sites excluding steroid dienone is 5. The highest BCUT2D eigenvalue weighted by Gasteiger charge is 2.30. The molecule has 1 aromatic rings. The summed E-state index contributed by atoms with van der Waals surface area (Å²) in [7, 11) is 0. The van der Waals surface area contributed by atoms with E-state index in [0.29, 0.717) is 31.5 Å². The third-order valence-electron chi connectivity index (χ3n) is 5.78. The van der Waals surface area contributed by atoms with E-state index in [9.17, 15) is 9.18 Å². The van der Waals surface area contributed by atoms with Crippen LogP contribution in [0.3, 0.4) is 0 Å². The van der Waals surface area contributed by atoms with Crippen LogP contribution in [-0.2, 0) is 11.2 Å². The van der Waals surface area contributed by atoms with Crippen molar-refractivity contribution in [3.8, 4) is 0 Å². The monoisotopic (exact) mass is 466 g/mol. The number of carbonyl (C=O) groups excluding carboxylic acids is 1. The summed E-state index contributed by atoms with van der Waals surface area (Å²) in [5.74, 6) is 0.743. The van der Waals surface area contributed by atoms with Crippen LogP contribution in [0, 0.1) is 5.82 Å². The quantitative estimate of drug-likeness (QED) is 0.520. The first kappa shape index (κ1) is 27.3. The standard InChI is InChI=1S/C26H33FN4O.C2H6/c1-2-3-4-5-6-7-11-23-15-16-29-25-20-30(17-18-31(23)25)26(32)19-22(28)14-13-21-10-8-9-12-24(21)27;1-2/h2-10,12,15-16,22-23H,11,13-14,17-20,28H2,1H3;1-2H3/b3-2-,5-4-,7-6+;/t22-,23?;/m1./s1. The molecule has 0 bridgehead atoms. The van der Waals surface area contributed by atoms with E-state index in [1.54, 1.807) is 12.1 Å². The van der Waals surface area contributed by atoms with Crippen LogP contribution in [0.1, 0.15) is 45.6 Å². The van der Waals surface area contributed by atoms with Crippen molar-refractivity contribution in [1.82, 2.24) is 9.80 Å². The second-order valence-corrected chi connectivity index (χ2v) is 8.13. The number of nitrogens with zero attached hydrogens (tertiary/aromatic N) is 3. The minimum atomic E-state index is -0.290. The summed E-state index contributed by atoms with van der Waals surface area (Å²) < 4.78 is 13.8. The molecule has 5 nitrogen and oxygen atoms in total. The largest absolute Gasteiger partial charge is 0.350 e. The molecule has 6 heteroatoms. The number of hydrogen-bond acceptors (Lipinski definition) is 4. The lowest BCUT2D eigenvalue weighted by Crippen LogP contribution is -2.56. The highest BCUT2D eigenvalue weighted by atomic mass is 19.1. The van der Waals surface area contributed by atoms with Crippen LogP contribution < -0.4 is 5.73 Å². The molecule has 3 rings (SSSR count). The lowest BCUT2D eigenvalue weighted by atomic mass is 10.0. The second-order valence-electron chi connectivity index (χ2n) is 8.13. The molecule has 0 aliphatic carbocycles. The van der Waals surface area contributed by atoms with Gasteiger partial charge in [-0.05, 0) is 43.9 Å². The van der Waals surface area contributed by atoms with E-state index in [2.05, 4.69) is 28.1 Å². The average Bonchev–Trinajstić information content (AvgIpc) is 2.86. The fourth-order valence-electron chi connectivity index (χ4n) is 3.95. The highest BCUT2D eigenvalue weighted by Crippen LogP contribution is 2.19. The van der Waals surface area contributed by atoms with Crippen molar-refractivity contribution in [1.29, 1.82) is 0 Å². The topological polar surface area (TPSA) is 61.9 Å². The number of fused-ring (bicyclic) bond motifs is 1. The predicted molar refractivity (Wildman–Crippen MR) is 140 cm³/mol. The van der Waals surface area contributed by atoms with Crippen molar-refractivity contribution in [2.45, 2.75) is 58.5 Å². The highest BCUT2D eigenvalue weighted by molar-refractivity contribution is 5.91. The number of aryl methyl sites for hydroxylation is 1. The van der Waals surface area contributed by atoms with Crippen LogP contribution >= 0.6 is 0 Å². The molecule has 184 valence electrons. The van der Waals surface area contributed by atoms with Gasteiger partial charge >= 0.3 is 0 Å². The molecule has 2 atom stereocenters. The van der Waals surface area contributed by atoms with Crippen LogP contribution in [0.15, 0.2) is 78.0 Å². The van der Waals surface area contributed by atoms with Crippen molar-refractivity contribution in [3.63, 3.8) is 0 Å². The van der Waals surface area contributed by atoms with E-state index in [4.69, 9.17) is 5.73 Å². The van der Waals surface area contributed by atoms with Gasteiger partial charge in [0.1, 0.15) is 11.7 Å². The second kappa shape index (κ2) is 15.0. The molecule has 1 unspecified atom stereocenters. The van der Waals surface area contributed by atoms with Gasteiger partial charge in [0.05, 0.1) is 12.6 Å². The van der Waals surface area contributed by atoms with Crippen LogP contribution in [0.4, 0.5) is 4.39 Å². The number of halogens is 1. The maximum absolute atomic E-state index is 13.8. The minimum Gasteiger partial charge on any atom is -0.350 e. The Bertz CT molecular complexity index is 919. The van der Waals surface area contributed by atoms with Gasteiger partial charge in [-0.2, -0.15) is 0 Å². The number of hydrogen-bond donors (Lipinski definition) is 1. The van der Waals surface area contributed by atoms with Gasteiger partial charge < -0.3 is 15.5 Å². The van der Waals surface area contributed by atoms with Crippen molar-refractivity contribution >= 4 is 11.7 Å². The van der Waals surface area contributed by atoms with Crippen molar-refractivity contribution in [2.75, 3.05) is 19.6 Å². The third kappa shape index (κ3) is 8.41. The fraction of sp³-hybridized carbons (Fsp3) is 0.429. The van der Waals surface area contributed by atoms with E-state index < -0.39 is 0 Å². The first-order valence-corrected chi connectivity index (χ1v) is 12.3. The Labute approximate surface area is 204 Å². The normalized spacial score (nSPS) is 18.7. The molecule has 0 saturated carbocycles. The summed E-state index contributed by atoms with van der Waals surface area (Å²) in [5, 5.41) is 0. The first-order chi connectivity index (χ1) is 16.6. The molecule has 2 heterocycles. The molecular weight excluding hydrogens is 427 g/mol. The van der Waals surface area contributed by atoms with Gasteiger partial charge in [0.25, 0.3) is 0 Å². The molecule has 0 aromatic heterocycles. The fourth-order valence-corrected chi connectivity index (χ4v) is 3.95. The zero-order valence-corrected chi connectivity index (χ0v) is 20.7. The molecule has 0 radical (unpaired) electrons. The molecular formula is C28H39FN4O. The molecule has 1 saturated heterocycles. The summed E-state index contributed by atoms with van der Waals surface area (Å²) in [6.45, 7) is 7.91. The summed E-state index contributed by atoms with van der Waals surface area (Å²) in [5.41, 5.74) is 6.84. The van der Waals surface area contributed by atoms with Gasteiger partial charge in [0, 0.05) is 31.8 Å². The van der Waals surface area contributed by atoms with Gasteiger partial charge in [0.2, 0.25) is 5.91 Å². The van der Waals surface area contributed by atoms with Gasteiger partial charge in [0.15, 0.2) is 0 Å². The van der Waals surface area contributed by atoms with E-state index in [0.717, 1.165) is 18.8 Å². The number of rotatable bonds is 9. The molecule has 1 fully saturated rings. The van der Waals surface area contributed by atoms with Crippen molar-refractivity contribution in [3.05, 3.63) is 84.4 Å². The van der Waals surface area contributed by atoms with Gasteiger partial charge in [-0.1, -0.05) is 68.5 Å². The summed E-state index contributed by atoms with van der Waals surface area (Å²) >= 11 is 0. The number of amides is 1. The minimum absolute atomic E-state index is 0.0356. The zero-order valence-electron chi connectivity index (χ0n) is 20.7. The Morgan fingerprint density at radius 1 is 1.21 bits per heavy atom. The molecule has 2 aliphatic heterocycles. The molecule has 0 spiro atoms. The summed E-state index contributed by atoms with van der Waals surface area (Å²) in [6.07, 6.45) is 18.5. The number of benzene rings is 1. The Morgan fingerprint density at radius 2 is 1.97 bits per heavy atom. The van der Waals surface area contributed by atoms with Crippen LogP contribution in [0.5, 0.6) is 0 Å². The molecule has 2 N–H and O–H groups in total. The maximum Gasteiger partial charge on any atom is 0.224 e. The SMILES string of the molecule is CC.C\C=C/C=C\C=C\CC1C=CN=C2CN(C(=O)C[C@H](N)CCc3ccccc3F)CCN21. The third-order valence-corrected chi connectivity index (χ3v) is 5.78. The Hall–Kier alpha value is -2.99. The summed E-state index contributed by atoms with van der Waals surface area (Å²) in [6, 6.07) is 6.68. The average molecular weight is 467 g/mol. The lowest BCUT2D eigenvalue weighted by molar-refractivity contribution is -0.131. The van der Waals surface area contributed by atoms with Gasteiger partial charge in [-0.15, -0.1) is 0 Å². The smallest absolute Gasteiger partial charge is 0.224 e. The summed E-state index contributed by atoms with van der Waals surface area (Å²) in [4.78, 5) is 21.4. The zero-order chi connectivity index (χ0) is 24.8. The maximum atomic E-state index is 13.8. The number of piperazine rings is 1. The molecule has 2 aliphatic rings. The lowest BCUT2D eigenvalue weighted by Gasteiger charge is -2.42. The van der Waals surface area contributed by atoms with Crippen LogP contribution in [0.25, 0.3) is 0 Å². The number of amidine groups is 1. The molecule has 1 amide bonds.